The molecule has 0 spiro atoms. The normalized spacial score (nSPS) is 30.2. The average molecular weight is 572 g/mol. The van der Waals surface area contributed by atoms with Crippen LogP contribution in [0.4, 0.5) is 4.79 Å². The van der Waals surface area contributed by atoms with E-state index in [9.17, 15) is 27.6 Å². The zero-order valence-electron chi connectivity index (χ0n) is 23.4. The lowest BCUT2D eigenvalue weighted by atomic mass is 10.0. The topological polar surface area (TPSA) is 157 Å². The van der Waals surface area contributed by atoms with E-state index in [1.165, 1.54) is 4.90 Å². The minimum Gasteiger partial charge on any atom is -0.464 e. The molecule has 1 aliphatic carbocycles. The largest absolute Gasteiger partial charge is 0.464 e. The molecule has 0 bridgehead atoms. The van der Waals surface area contributed by atoms with E-state index in [0.717, 1.165) is 25.5 Å². The van der Waals surface area contributed by atoms with Gasteiger partial charge in [0.15, 0.2) is 0 Å². The van der Waals surface area contributed by atoms with Crippen molar-refractivity contribution in [3.8, 4) is 0 Å². The van der Waals surface area contributed by atoms with Gasteiger partial charge in [0.05, 0.1) is 19.0 Å². The summed E-state index contributed by atoms with van der Waals surface area (Å²) >= 11 is 0. The molecule has 2 N–H and O–H groups in total. The third kappa shape index (κ3) is 8.41. The molecule has 5 atom stereocenters. The Bertz CT molecular complexity index is 1080. The summed E-state index contributed by atoms with van der Waals surface area (Å²) in [7, 11) is -3.87. The molecule has 3 rings (SSSR count). The molecule has 3 amide bonds. The second-order valence-corrected chi connectivity index (χ2v) is 13.0. The van der Waals surface area contributed by atoms with Crippen LogP contribution in [0.25, 0.3) is 0 Å². The van der Waals surface area contributed by atoms with Gasteiger partial charge < -0.3 is 25.0 Å². The Balaban J connectivity index is 1.92. The molecule has 1 saturated carbocycles. The van der Waals surface area contributed by atoms with E-state index in [1.54, 1.807) is 27.7 Å². The van der Waals surface area contributed by atoms with Crippen molar-refractivity contribution in [2.75, 3.05) is 19.4 Å². The molecule has 0 aromatic rings. The van der Waals surface area contributed by atoms with Gasteiger partial charge in [0.1, 0.15) is 23.2 Å². The molecule has 0 aromatic heterocycles. The van der Waals surface area contributed by atoms with Gasteiger partial charge in [0, 0.05) is 18.9 Å². The van der Waals surface area contributed by atoms with Gasteiger partial charge in [0.2, 0.25) is 11.8 Å². The Kier molecular flexibility index (Phi) is 9.69. The summed E-state index contributed by atoms with van der Waals surface area (Å²) in [5.74, 6) is -1.97. The van der Waals surface area contributed by atoms with E-state index < -0.39 is 63.3 Å². The number of esters is 1. The maximum absolute atomic E-state index is 13.8. The number of rotatable bonds is 5. The Morgan fingerprint density at radius 1 is 1.21 bits per heavy atom. The maximum atomic E-state index is 13.8. The minimum atomic E-state index is -3.87. The van der Waals surface area contributed by atoms with E-state index in [1.807, 2.05) is 12.2 Å². The van der Waals surface area contributed by atoms with Crippen LogP contribution >= 0.6 is 0 Å². The number of carbonyl (C=O) groups excluding carboxylic acids is 4. The molecule has 220 valence electrons. The van der Waals surface area contributed by atoms with Crippen LogP contribution in [0.1, 0.15) is 72.6 Å². The van der Waals surface area contributed by atoms with Crippen LogP contribution in [0.3, 0.4) is 0 Å². The van der Waals surface area contributed by atoms with Crippen molar-refractivity contribution in [1.82, 2.24) is 15.5 Å². The van der Waals surface area contributed by atoms with Gasteiger partial charge >= 0.3 is 12.1 Å². The fourth-order valence-corrected chi connectivity index (χ4v) is 5.71. The molecule has 2 heterocycles. The van der Waals surface area contributed by atoms with Crippen molar-refractivity contribution < 1.29 is 41.3 Å². The van der Waals surface area contributed by atoms with Crippen molar-refractivity contribution in [2.24, 2.45) is 5.92 Å². The quantitative estimate of drug-likeness (QED) is 0.285. The zero-order valence-corrected chi connectivity index (χ0v) is 24.2. The highest BCUT2D eigenvalue weighted by molar-refractivity contribution is 7.86. The van der Waals surface area contributed by atoms with E-state index in [0.29, 0.717) is 19.3 Å². The molecule has 2 fully saturated rings. The zero-order chi connectivity index (χ0) is 29.0. The van der Waals surface area contributed by atoms with Gasteiger partial charge in [-0.3, -0.25) is 13.8 Å². The highest BCUT2D eigenvalue weighted by Crippen LogP contribution is 2.46. The fraction of sp³-hybridized carbons (Fsp3) is 0.769. The van der Waals surface area contributed by atoms with Crippen molar-refractivity contribution in [3.63, 3.8) is 0 Å². The van der Waals surface area contributed by atoms with Gasteiger partial charge in [-0.2, -0.15) is 8.42 Å². The molecule has 39 heavy (non-hydrogen) atoms. The molecule has 2 aliphatic heterocycles. The summed E-state index contributed by atoms with van der Waals surface area (Å²) < 4.78 is 39.4. The lowest BCUT2D eigenvalue weighted by molar-refractivity contribution is -0.150. The second-order valence-electron chi connectivity index (χ2n) is 11.4. The summed E-state index contributed by atoms with van der Waals surface area (Å²) in [5.41, 5.74) is -2.03. The Morgan fingerprint density at radius 2 is 1.92 bits per heavy atom. The highest BCUT2D eigenvalue weighted by atomic mass is 32.2. The molecule has 0 unspecified atom stereocenters. The van der Waals surface area contributed by atoms with Crippen molar-refractivity contribution in [3.05, 3.63) is 12.2 Å². The third-order valence-corrected chi connectivity index (χ3v) is 7.50. The maximum Gasteiger partial charge on any atom is 0.408 e. The van der Waals surface area contributed by atoms with Crippen LogP contribution in [0.2, 0.25) is 0 Å². The van der Waals surface area contributed by atoms with E-state index in [4.69, 9.17) is 13.7 Å². The second kappa shape index (κ2) is 12.2. The van der Waals surface area contributed by atoms with Gasteiger partial charge in [-0.25, -0.2) is 9.59 Å². The number of carbonyl (C=O) groups is 4. The van der Waals surface area contributed by atoms with Crippen molar-refractivity contribution >= 4 is 34.0 Å². The lowest BCUT2D eigenvalue weighted by Crippen LogP contribution is -2.56. The van der Waals surface area contributed by atoms with Gasteiger partial charge in [0.25, 0.3) is 10.1 Å². The van der Waals surface area contributed by atoms with Crippen LogP contribution in [0.5, 0.6) is 0 Å². The molecule has 1 saturated heterocycles. The van der Waals surface area contributed by atoms with E-state index >= 15 is 0 Å². The SMILES string of the molecule is CCOC(=O)[C@@]12C[C@H]1C=CCCCCC[C@H](NC(=O)OC(C)(C)C)C(=O)N1C[C@@H](OS(C)(=O)=O)C[C@H]1C(=O)N2. The fourth-order valence-electron chi connectivity index (χ4n) is 5.07. The molecule has 0 aromatic carbocycles. The number of hydrogen-bond donors (Lipinski definition) is 2. The Morgan fingerprint density at radius 3 is 2.56 bits per heavy atom. The van der Waals surface area contributed by atoms with Crippen LogP contribution in [-0.4, -0.2) is 85.9 Å². The predicted molar refractivity (Wildman–Crippen MR) is 141 cm³/mol. The first kappa shape index (κ1) is 30.9. The van der Waals surface area contributed by atoms with Crippen LogP contribution in [-0.2, 0) is 38.2 Å². The first-order valence-electron chi connectivity index (χ1n) is 13.5. The summed E-state index contributed by atoms with van der Waals surface area (Å²) in [6, 6.07) is -2.12. The van der Waals surface area contributed by atoms with Gasteiger partial charge in [-0.15, -0.1) is 0 Å². The standard InChI is InChI=1S/C26H41N3O9S/c1-6-36-23(32)26-15-17(26)12-10-8-7-9-11-13-19(27-24(33)37-25(2,3)4)22(31)29-16-18(38-39(5,34)35)14-20(29)21(30)28-26/h10,12,17-20H,6-9,11,13-16H2,1-5H3,(H,27,33)(H,28,30)/t17-,18+,19+,20+,26-/m1/s1. The van der Waals surface area contributed by atoms with Gasteiger partial charge in [-0.05, 0) is 53.4 Å². The molecular weight excluding hydrogens is 530 g/mol. The first-order valence-corrected chi connectivity index (χ1v) is 15.3. The first-order chi connectivity index (χ1) is 18.1. The summed E-state index contributed by atoms with van der Waals surface area (Å²) in [6.07, 6.45) is 6.66. The van der Waals surface area contributed by atoms with Crippen LogP contribution < -0.4 is 10.6 Å². The smallest absolute Gasteiger partial charge is 0.408 e. The number of alkyl carbamates (subject to hydrolysis) is 1. The Hall–Kier alpha value is -2.67. The summed E-state index contributed by atoms with van der Waals surface area (Å²) in [5, 5.41) is 5.44. The molecule has 3 aliphatic rings. The predicted octanol–water partition coefficient (Wildman–Crippen LogP) is 1.78. The number of nitrogens with one attached hydrogen (secondary N) is 2. The number of ether oxygens (including phenoxy) is 2. The third-order valence-electron chi connectivity index (χ3n) is 6.88. The van der Waals surface area contributed by atoms with Gasteiger partial charge in [-0.1, -0.05) is 25.0 Å². The minimum absolute atomic E-state index is 0.0940. The number of hydrogen-bond acceptors (Lipinski definition) is 9. The van der Waals surface area contributed by atoms with Crippen molar-refractivity contribution in [2.45, 2.75) is 102 Å². The Labute approximate surface area is 230 Å². The molecule has 13 heteroatoms. The number of amides is 3. The summed E-state index contributed by atoms with van der Waals surface area (Å²) in [4.78, 5) is 54.1. The number of fused-ring (bicyclic) bond motifs is 2. The molecule has 12 nitrogen and oxygen atoms in total. The molecule has 0 radical (unpaired) electrons. The molecular formula is C26H41N3O9S. The average Bonchev–Trinajstić information content (AvgIpc) is 3.33. The monoisotopic (exact) mass is 571 g/mol. The number of nitrogens with zero attached hydrogens (tertiary/aromatic N) is 1. The van der Waals surface area contributed by atoms with Crippen LogP contribution in [0.15, 0.2) is 12.2 Å². The lowest BCUT2D eigenvalue weighted by Gasteiger charge is -2.30. The summed E-state index contributed by atoms with van der Waals surface area (Å²) in [6.45, 7) is 6.76. The van der Waals surface area contributed by atoms with Crippen LogP contribution in [0, 0.1) is 5.92 Å². The number of allylic oxidation sites excluding steroid dienone is 1. The van der Waals surface area contributed by atoms with E-state index in [-0.39, 0.29) is 25.5 Å². The highest BCUT2D eigenvalue weighted by Gasteiger charge is 2.62. The van der Waals surface area contributed by atoms with Crippen molar-refractivity contribution in [1.29, 1.82) is 0 Å². The van der Waals surface area contributed by atoms with E-state index in [2.05, 4.69) is 10.6 Å².